The first-order valence-electron chi connectivity index (χ1n) is 6.32. The van der Waals surface area contributed by atoms with Gasteiger partial charge in [-0.15, -0.1) is 0 Å². The molecular formula is C14H15N5O. The zero-order chi connectivity index (χ0) is 13.9. The molecule has 3 heterocycles. The van der Waals surface area contributed by atoms with Crippen LogP contribution in [-0.2, 0) is 0 Å². The number of hydrogen-bond donors (Lipinski definition) is 4. The number of nitrogens with zero attached hydrogens (tertiary/aromatic N) is 2. The Morgan fingerprint density at radius 1 is 1.30 bits per heavy atom. The molecule has 0 saturated heterocycles. The molecule has 0 aliphatic heterocycles. The number of nitrogens with one attached hydrogen (secondary N) is 2. The van der Waals surface area contributed by atoms with Crippen LogP contribution in [0.25, 0.3) is 22.2 Å². The summed E-state index contributed by atoms with van der Waals surface area (Å²) in [5.41, 5.74) is 8.40. The van der Waals surface area contributed by atoms with Crippen LogP contribution in [0, 0.1) is 0 Å². The normalized spacial score (nSPS) is 10.8. The fraction of sp³-hybridized carbons (Fsp3) is 0.143. The molecule has 0 aliphatic carbocycles. The Hall–Kier alpha value is -2.60. The Morgan fingerprint density at radius 3 is 2.95 bits per heavy atom. The van der Waals surface area contributed by atoms with Crippen molar-refractivity contribution in [2.45, 2.75) is 0 Å². The van der Waals surface area contributed by atoms with Crippen molar-refractivity contribution in [3.8, 4) is 11.1 Å². The van der Waals surface area contributed by atoms with Gasteiger partial charge >= 0.3 is 0 Å². The topological polar surface area (TPSA) is 99.9 Å². The molecule has 20 heavy (non-hydrogen) atoms. The third-order valence-corrected chi connectivity index (χ3v) is 3.04. The van der Waals surface area contributed by atoms with E-state index < -0.39 is 0 Å². The second-order valence-corrected chi connectivity index (χ2v) is 4.42. The van der Waals surface area contributed by atoms with E-state index >= 15 is 0 Å². The number of nitrogens with two attached hydrogens (primary N) is 1. The number of aliphatic hydroxyl groups is 1. The lowest BCUT2D eigenvalue weighted by molar-refractivity contribution is 0.311. The number of H-pyrrole nitrogens is 1. The molecule has 0 aliphatic rings. The minimum Gasteiger partial charge on any atom is -0.395 e. The molecule has 0 saturated carbocycles. The van der Waals surface area contributed by atoms with Crippen molar-refractivity contribution in [3.05, 3.63) is 36.7 Å². The number of fused-ring (bicyclic) bond motifs is 1. The van der Waals surface area contributed by atoms with Gasteiger partial charge in [-0.3, -0.25) is 0 Å². The van der Waals surface area contributed by atoms with Crippen LogP contribution in [0.15, 0.2) is 36.7 Å². The van der Waals surface area contributed by atoms with E-state index in [2.05, 4.69) is 20.3 Å². The fourth-order valence-electron chi connectivity index (χ4n) is 2.12. The van der Waals surface area contributed by atoms with Crippen molar-refractivity contribution in [2.24, 2.45) is 0 Å². The summed E-state index contributed by atoms with van der Waals surface area (Å²) in [6, 6.07) is 7.62. The molecule has 0 unspecified atom stereocenters. The van der Waals surface area contributed by atoms with Gasteiger partial charge in [-0.25, -0.2) is 9.97 Å². The Balaban J connectivity index is 2.11. The van der Waals surface area contributed by atoms with Gasteiger partial charge in [0.1, 0.15) is 17.3 Å². The van der Waals surface area contributed by atoms with Crippen LogP contribution in [-0.4, -0.2) is 33.2 Å². The molecule has 0 radical (unpaired) electrons. The fourth-order valence-corrected chi connectivity index (χ4v) is 2.12. The van der Waals surface area contributed by atoms with Crippen LogP contribution in [0.2, 0.25) is 0 Å². The van der Waals surface area contributed by atoms with E-state index in [4.69, 9.17) is 10.8 Å². The van der Waals surface area contributed by atoms with Crippen molar-refractivity contribution in [3.63, 3.8) is 0 Å². The summed E-state index contributed by atoms with van der Waals surface area (Å²) in [6.45, 7) is 0.516. The van der Waals surface area contributed by atoms with Crippen LogP contribution in [0.4, 0.5) is 11.6 Å². The lowest BCUT2D eigenvalue weighted by Crippen LogP contribution is -2.07. The summed E-state index contributed by atoms with van der Waals surface area (Å²) in [6.07, 6.45) is 3.59. The number of aromatic nitrogens is 3. The van der Waals surface area contributed by atoms with Gasteiger partial charge in [-0.1, -0.05) is 0 Å². The first-order chi connectivity index (χ1) is 9.78. The highest BCUT2D eigenvalue weighted by atomic mass is 16.3. The number of nitrogen functional groups attached to an aromatic ring is 1. The molecule has 0 spiro atoms. The quantitative estimate of drug-likeness (QED) is 0.576. The average molecular weight is 269 g/mol. The van der Waals surface area contributed by atoms with Gasteiger partial charge in [0.2, 0.25) is 0 Å². The first-order valence-corrected chi connectivity index (χ1v) is 6.32. The van der Waals surface area contributed by atoms with Crippen LogP contribution in [0.3, 0.4) is 0 Å². The maximum absolute atomic E-state index is 8.90. The molecular weight excluding hydrogens is 254 g/mol. The minimum absolute atomic E-state index is 0.0587. The minimum atomic E-state index is 0.0587. The Morgan fingerprint density at radius 2 is 2.20 bits per heavy atom. The zero-order valence-electron chi connectivity index (χ0n) is 10.8. The molecule has 3 rings (SSSR count). The highest BCUT2D eigenvalue weighted by Gasteiger charge is 2.09. The Labute approximate surface area is 115 Å². The highest BCUT2D eigenvalue weighted by Crippen LogP contribution is 2.29. The molecule has 0 aromatic carbocycles. The number of rotatable bonds is 4. The second-order valence-electron chi connectivity index (χ2n) is 4.42. The first kappa shape index (κ1) is 12.4. The third-order valence-electron chi connectivity index (χ3n) is 3.04. The van der Waals surface area contributed by atoms with E-state index in [1.807, 2.05) is 24.4 Å². The molecule has 0 amide bonds. The molecule has 3 aromatic heterocycles. The SMILES string of the molecule is Nc1ccc(-c2cc(NCCO)nc3[nH]ccc23)cn1. The monoisotopic (exact) mass is 269 g/mol. The van der Waals surface area contributed by atoms with Gasteiger partial charge in [0.05, 0.1) is 6.61 Å². The maximum Gasteiger partial charge on any atom is 0.140 e. The summed E-state index contributed by atoms with van der Waals surface area (Å²) >= 11 is 0. The van der Waals surface area contributed by atoms with E-state index in [0.29, 0.717) is 18.2 Å². The molecule has 0 fully saturated rings. The molecule has 5 N–H and O–H groups in total. The predicted octanol–water partition coefficient (Wildman–Crippen LogP) is 1.61. The molecule has 6 heteroatoms. The number of pyridine rings is 2. The third kappa shape index (κ3) is 2.28. The van der Waals surface area contributed by atoms with E-state index in [1.165, 1.54) is 0 Å². The summed E-state index contributed by atoms with van der Waals surface area (Å²) < 4.78 is 0. The number of aliphatic hydroxyl groups excluding tert-OH is 1. The number of anilines is 2. The van der Waals surface area contributed by atoms with E-state index in [1.54, 1.807) is 12.3 Å². The van der Waals surface area contributed by atoms with E-state index in [9.17, 15) is 0 Å². The predicted molar refractivity (Wildman–Crippen MR) is 79.3 cm³/mol. The van der Waals surface area contributed by atoms with Crippen molar-refractivity contribution in [1.29, 1.82) is 0 Å². The largest absolute Gasteiger partial charge is 0.395 e. The summed E-state index contributed by atoms with van der Waals surface area (Å²) in [5.74, 6) is 1.20. The van der Waals surface area contributed by atoms with Gasteiger partial charge in [0, 0.05) is 29.9 Å². The van der Waals surface area contributed by atoms with Gasteiger partial charge < -0.3 is 21.1 Å². The molecule has 0 atom stereocenters. The summed E-state index contributed by atoms with van der Waals surface area (Å²) in [5, 5.41) is 13.0. The lowest BCUT2D eigenvalue weighted by atomic mass is 10.1. The van der Waals surface area contributed by atoms with Crippen LogP contribution in [0.1, 0.15) is 0 Å². The van der Waals surface area contributed by atoms with Crippen molar-refractivity contribution in [2.75, 3.05) is 24.2 Å². The van der Waals surface area contributed by atoms with Crippen molar-refractivity contribution in [1.82, 2.24) is 15.0 Å². The maximum atomic E-state index is 8.90. The molecule has 6 nitrogen and oxygen atoms in total. The second kappa shape index (κ2) is 5.18. The zero-order valence-corrected chi connectivity index (χ0v) is 10.8. The van der Waals surface area contributed by atoms with Crippen LogP contribution in [0.5, 0.6) is 0 Å². The van der Waals surface area contributed by atoms with Crippen LogP contribution >= 0.6 is 0 Å². The van der Waals surface area contributed by atoms with Gasteiger partial charge in [-0.05, 0) is 29.8 Å². The van der Waals surface area contributed by atoms with Crippen molar-refractivity contribution >= 4 is 22.7 Å². The van der Waals surface area contributed by atoms with Gasteiger partial charge in [0.15, 0.2) is 0 Å². The smallest absolute Gasteiger partial charge is 0.140 e. The summed E-state index contributed by atoms with van der Waals surface area (Å²) in [7, 11) is 0. The molecule has 102 valence electrons. The van der Waals surface area contributed by atoms with Gasteiger partial charge in [-0.2, -0.15) is 0 Å². The standard InChI is InChI=1S/C14H15N5O/c15-12-2-1-9(8-18-12)11-7-13(16-5-6-20)19-14-10(11)3-4-17-14/h1-4,7-8,20H,5-6H2,(H2,15,18)(H2,16,17,19). The molecule has 3 aromatic rings. The van der Waals surface area contributed by atoms with Crippen LogP contribution < -0.4 is 11.1 Å². The molecule has 0 bridgehead atoms. The van der Waals surface area contributed by atoms with E-state index in [-0.39, 0.29) is 6.61 Å². The Kier molecular flexibility index (Phi) is 3.22. The van der Waals surface area contributed by atoms with Gasteiger partial charge in [0.25, 0.3) is 0 Å². The number of hydrogen-bond acceptors (Lipinski definition) is 5. The van der Waals surface area contributed by atoms with Crippen molar-refractivity contribution < 1.29 is 5.11 Å². The lowest BCUT2D eigenvalue weighted by Gasteiger charge is -2.08. The number of aromatic amines is 1. The Bertz CT molecular complexity index is 720. The summed E-state index contributed by atoms with van der Waals surface area (Å²) in [4.78, 5) is 11.7. The average Bonchev–Trinajstić information content (AvgIpc) is 2.93. The van der Waals surface area contributed by atoms with E-state index in [0.717, 1.165) is 22.2 Å². The highest BCUT2D eigenvalue weighted by molar-refractivity contribution is 5.94.